The molecule has 0 N–H and O–H groups in total. The first-order chi connectivity index (χ1) is 17.6. The number of hydrogen-bond acceptors (Lipinski definition) is 5. The maximum atomic E-state index is 12.5. The van der Waals surface area contributed by atoms with Crippen LogP contribution >= 0.6 is 0 Å². The van der Waals surface area contributed by atoms with Crippen LogP contribution in [0.2, 0.25) is 0 Å². The van der Waals surface area contributed by atoms with Gasteiger partial charge in [0.1, 0.15) is 17.2 Å². The molecule has 3 aromatic carbocycles. The van der Waals surface area contributed by atoms with E-state index in [0.29, 0.717) is 11.3 Å². The summed E-state index contributed by atoms with van der Waals surface area (Å²) in [4.78, 5) is 24.6. The van der Waals surface area contributed by atoms with E-state index in [4.69, 9.17) is 14.2 Å². The molecule has 0 spiro atoms. The average molecular weight is 485 g/mol. The highest BCUT2D eigenvalue weighted by Gasteiger charge is 2.05. The van der Waals surface area contributed by atoms with Crippen molar-refractivity contribution in [3.05, 3.63) is 102 Å². The van der Waals surface area contributed by atoms with E-state index in [9.17, 15) is 9.59 Å². The second-order valence-electron chi connectivity index (χ2n) is 8.23. The van der Waals surface area contributed by atoms with E-state index in [0.717, 1.165) is 35.7 Å². The molecule has 0 saturated heterocycles. The van der Waals surface area contributed by atoms with Crippen LogP contribution in [0.1, 0.15) is 54.1 Å². The molecule has 0 heterocycles. The quantitative estimate of drug-likeness (QED) is 0.0846. The van der Waals surface area contributed by atoms with E-state index >= 15 is 0 Å². The van der Waals surface area contributed by atoms with Crippen LogP contribution in [0, 0.1) is 0 Å². The number of esters is 1. The third-order valence-corrected chi connectivity index (χ3v) is 5.46. The van der Waals surface area contributed by atoms with Crippen molar-refractivity contribution < 1.29 is 23.8 Å². The number of hydrogen-bond donors (Lipinski definition) is 0. The molecular formula is C31H32O5. The minimum Gasteiger partial charge on any atom is -0.497 e. The van der Waals surface area contributed by atoms with Gasteiger partial charge in [-0.1, -0.05) is 56.5 Å². The van der Waals surface area contributed by atoms with Crippen molar-refractivity contribution in [1.82, 2.24) is 0 Å². The summed E-state index contributed by atoms with van der Waals surface area (Å²) in [5.74, 6) is 1.31. The SMILES string of the molecule is CCCCCCOc1ccc(/C=C/C(=O)c2ccc(OC(=O)/C=C/c3ccc(OC)cc3)cc2)cc1. The Balaban J connectivity index is 1.47. The first-order valence-electron chi connectivity index (χ1n) is 12.2. The number of unbranched alkanes of at least 4 members (excludes halogenated alkanes) is 3. The van der Waals surface area contributed by atoms with Gasteiger partial charge in [0, 0.05) is 11.6 Å². The Morgan fingerprint density at radius 1 is 0.694 bits per heavy atom. The summed E-state index contributed by atoms with van der Waals surface area (Å²) in [6, 6.07) is 21.5. The van der Waals surface area contributed by atoms with Crippen LogP contribution in [0.15, 0.2) is 84.9 Å². The molecule has 0 saturated carbocycles. The van der Waals surface area contributed by atoms with Gasteiger partial charge in [0.2, 0.25) is 0 Å². The Labute approximate surface area is 213 Å². The van der Waals surface area contributed by atoms with Crippen LogP contribution < -0.4 is 14.2 Å². The Morgan fingerprint density at radius 2 is 1.28 bits per heavy atom. The van der Waals surface area contributed by atoms with Gasteiger partial charge >= 0.3 is 5.97 Å². The van der Waals surface area contributed by atoms with Crippen LogP contribution in [-0.2, 0) is 4.79 Å². The fourth-order valence-corrected chi connectivity index (χ4v) is 3.38. The van der Waals surface area contributed by atoms with Gasteiger partial charge in [-0.15, -0.1) is 0 Å². The number of ketones is 1. The van der Waals surface area contributed by atoms with Crippen molar-refractivity contribution in [2.24, 2.45) is 0 Å². The molecule has 0 amide bonds. The van der Waals surface area contributed by atoms with Gasteiger partial charge in [-0.05, 0) is 78.2 Å². The normalized spacial score (nSPS) is 11.1. The predicted molar refractivity (Wildman–Crippen MR) is 144 cm³/mol. The molecule has 5 nitrogen and oxygen atoms in total. The van der Waals surface area contributed by atoms with E-state index in [1.165, 1.54) is 31.4 Å². The monoisotopic (exact) mass is 484 g/mol. The lowest BCUT2D eigenvalue weighted by Crippen LogP contribution is -2.04. The molecule has 0 radical (unpaired) electrons. The number of carbonyl (C=O) groups excluding carboxylic acids is 2. The maximum absolute atomic E-state index is 12.5. The third-order valence-electron chi connectivity index (χ3n) is 5.46. The van der Waals surface area contributed by atoms with Gasteiger partial charge in [0.15, 0.2) is 5.78 Å². The van der Waals surface area contributed by atoms with Crippen LogP contribution in [0.25, 0.3) is 12.2 Å². The summed E-state index contributed by atoms with van der Waals surface area (Å²) in [5, 5.41) is 0. The first kappa shape index (κ1) is 26.5. The number of rotatable bonds is 13. The molecule has 0 aliphatic heterocycles. The average Bonchev–Trinajstić information content (AvgIpc) is 2.92. The van der Waals surface area contributed by atoms with Crippen molar-refractivity contribution in [2.45, 2.75) is 32.6 Å². The number of benzene rings is 3. The van der Waals surface area contributed by atoms with E-state index < -0.39 is 5.97 Å². The van der Waals surface area contributed by atoms with Gasteiger partial charge in [-0.3, -0.25) is 4.79 Å². The highest BCUT2D eigenvalue weighted by atomic mass is 16.5. The van der Waals surface area contributed by atoms with Gasteiger partial charge in [-0.2, -0.15) is 0 Å². The zero-order chi connectivity index (χ0) is 25.6. The molecule has 3 aromatic rings. The minimum absolute atomic E-state index is 0.136. The van der Waals surface area contributed by atoms with Crippen LogP contribution in [0.4, 0.5) is 0 Å². The molecule has 5 heteroatoms. The van der Waals surface area contributed by atoms with Gasteiger partial charge in [0.25, 0.3) is 0 Å². The summed E-state index contributed by atoms with van der Waals surface area (Å²) in [6.07, 6.45) is 11.0. The second kappa shape index (κ2) is 14.3. The fraction of sp³-hybridized carbons (Fsp3) is 0.226. The topological polar surface area (TPSA) is 61.8 Å². The molecule has 0 fully saturated rings. The summed E-state index contributed by atoms with van der Waals surface area (Å²) >= 11 is 0. The zero-order valence-electron chi connectivity index (χ0n) is 20.8. The Morgan fingerprint density at radius 3 is 1.89 bits per heavy atom. The summed E-state index contributed by atoms with van der Waals surface area (Å²) < 4.78 is 16.2. The molecular weight excluding hydrogens is 452 g/mol. The molecule has 0 unspecified atom stereocenters. The third kappa shape index (κ3) is 8.91. The minimum atomic E-state index is -0.502. The van der Waals surface area contributed by atoms with E-state index in [2.05, 4.69) is 6.92 Å². The van der Waals surface area contributed by atoms with Crippen LogP contribution in [-0.4, -0.2) is 25.5 Å². The van der Waals surface area contributed by atoms with E-state index in [1.807, 2.05) is 48.5 Å². The van der Waals surface area contributed by atoms with Crippen molar-refractivity contribution in [3.63, 3.8) is 0 Å². The van der Waals surface area contributed by atoms with Crippen LogP contribution in [0.5, 0.6) is 17.2 Å². The molecule has 0 aliphatic rings. The summed E-state index contributed by atoms with van der Waals surface area (Å²) in [7, 11) is 1.60. The molecule has 36 heavy (non-hydrogen) atoms. The van der Waals surface area contributed by atoms with Crippen molar-refractivity contribution in [3.8, 4) is 17.2 Å². The molecule has 3 rings (SSSR count). The molecule has 0 atom stereocenters. The summed E-state index contributed by atoms with van der Waals surface area (Å²) in [5.41, 5.74) is 2.27. The Kier molecular flexibility index (Phi) is 10.5. The molecule has 186 valence electrons. The lowest BCUT2D eigenvalue weighted by molar-refractivity contribution is -0.128. The smallest absolute Gasteiger partial charge is 0.336 e. The number of methoxy groups -OCH3 is 1. The number of allylic oxidation sites excluding steroid dienone is 1. The van der Waals surface area contributed by atoms with Crippen molar-refractivity contribution in [2.75, 3.05) is 13.7 Å². The summed E-state index contributed by atoms with van der Waals surface area (Å²) in [6.45, 7) is 2.91. The number of carbonyl (C=O) groups is 2. The first-order valence-corrected chi connectivity index (χ1v) is 12.2. The highest BCUT2D eigenvalue weighted by Crippen LogP contribution is 2.17. The maximum Gasteiger partial charge on any atom is 0.336 e. The Bertz CT molecular complexity index is 1160. The number of ether oxygens (including phenoxy) is 3. The lowest BCUT2D eigenvalue weighted by Gasteiger charge is -2.06. The van der Waals surface area contributed by atoms with Crippen molar-refractivity contribution >= 4 is 23.9 Å². The van der Waals surface area contributed by atoms with Gasteiger partial charge < -0.3 is 14.2 Å². The molecule has 0 aliphatic carbocycles. The highest BCUT2D eigenvalue weighted by molar-refractivity contribution is 6.06. The van der Waals surface area contributed by atoms with E-state index in [-0.39, 0.29) is 5.78 Å². The van der Waals surface area contributed by atoms with Gasteiger partial charge in [-0.25, -0.2) is 4.79 Å². The van der Waals surface area contributed by atoms with Gasteiger partial charge in [0.05, 0.1) is 13.7 Å². The fourth-order valence-electron chi connectivity index (χ4n) is 3.38. The largest absolute Gasteiger partial charge is 0.497 e. The molecule has 0 bridgehead atoms. The lowest BCUT2D eigenvalue weighted by atomic mass is 10.1. The standard InChI is InChI=1S/C31H32O5/c1-3-4-5-6-23-35-28-17-9-24(10-18-28)11-21-30(32)26-13-19-29(20-14-26)36-31(33)22-12-25-7-15-27(34-2)16-8-25/h7-22H,3-6,23H2,1-2H3/b21-11+,22-12+. The van der Waals surface area contributed by atoms with E-state index in [1.54, 1.807) is 43.5 Å². The second-order valence-corrected chi connectivity index (χ2v) is 8.23. The predicted octanol–water partition coefficient (Wildman–Crippen LogP) is 7.17. The van der Waals surface area contributed by atoms with Crippen molar-refractivity contribution in [1.29, 1.82) is 0 Å². The van der Waals surface area contributed by atoms with Crippen LogP contribution in [0.3, 0.4) is 0 Å². The Hall–Kier alpha value is -4.12. The molecule has 0 aromatic heterocycles. The zero-order valence-corrected chi connectivity index (χ0v) is 20.8.